The minimum atomic E-state index is -4.26. The molecule has 1 aromatic heterocycles. The van der Waals surface area contributed by atoms with Crippen LogP contribution in [0.25, 0.3) is 11.1 Å². The third-order valence-corrected chi connectivity index (χ3v) is 7.45. The molecule has 0 amide bonds. The van der Waals surface area contributed by atoms with Crippen LogP contribution in [0.2, 0.25) is 5.02 Å². The van der Waals surface area contributed by atoms with Crippen molar-refractivity contribution in [3.05, 3.63) is 123 Å². The second-order valence-corrected chi connectivity index (χ2v) is 10.7. The SMILES string of the molecule is Cc1cc(Cl)ccc1C(C/C(=N\O)c1ccc(=O)n(C)c1)c1ccc(-c2ccc(S(=O)(=O)O)cc2)cc1. The summed E-state index contributed by atoms with van der Waals surface area (Å²) in [6.45, 7) is 1.97. The Labute approximate surface area is 220 Å². The molecule has 0 aliphatic heterocycles. The van der Waals surface area contributed by atoms with Crippen LogP contribution in [0, 0.1) is 6.92 Å². The Morgan fingerprint density at radius 2 is 1.59 bits per heavy atom. The maximum atomic E-state index is 11.8. The highest BCUT2D eigenvalue weighted by Gasteiger charge is 2.21. The lowest BCUT2D eigenvalue weighted by atomic mass is 9.83. The Morgan fingerprint density at radius 3 is 2.14 bits per heavy atom. The van der Waals surface area contributed by atoms with Crippen LogP contribution >= 0.6 is 11.6 Å². The smallest absolute Gasteiger partial charge is 0.294 e. The van der Waals surface area contributed by atoms with E-state index in [1.807, 2.05) is 49.4 Å². The van der Waals surface area contributed by atoms with Gasteiger partial charge in [-0.15, -0.1) is 0 Å². The zero-order valence-electron chi connectivity index (χ0n) is 20.2. The van der Waals surface area contributed by atoms with Gasteiger partial charge in [-0.25, -0.2) is 0 Å². The highest BCUT2D eigenvalue weighted by atomic mass is 35.5. The molecule has 9 heteroatoms. The van der Waals surface area contributed by atoms with Crippen molar-refractivity contribution in [1.29, 1.82) is 0 Å². The van der Waals surface area contributed by atoms with Crippen molar-refractivity contribution in [2.24, 2.45) is 12.2 Å². The number of hydrogen-bond acceptors (Lipinski definition) is 5. The Hall–Kier alpha value is -3.72. The summed E-state index contributed by atoms with van der Waals surface area (Å²) in [6, 6.07) is 22.5. The number of hydrogen-bond donors (Lipinski definition) is 2. The van der Waals surface area contributed by atoms with Crippen LogP contribution in [0.4, 0.5) is 0 Å². The highest BCUT2D eigenvalue weighted by molar-refractivity contribution is 7.85. The molecule has 2 N–H and O–H groups in total. The summed E-state index contributed by atoms with van der Waals surface area (Å²) in [7, 11) is -2.62. The van der Waals surface area contributed by atoms with Crippen LogP contribution in [0.5, 0.6) is 0 Å². The van der Waals surface area contributed by atoms with Crippen LogP contribution < -0.4 is 5.56 Å². The van der Waals surface area contributed by atoms with E-state index in [0.29, 0.717) is 22.7 Å². The van der Waals surface area contributed by atoms with Crippen molar-refractivity contribution in [3.63, 3.8) is 0 Å². The van der Waals surface area contributed by atoms with Gasteiger partial charge in [0.2, 0.25) is 5.56 Å². The highest BCUT2D eigenvalue weighted by Crippen LogP contribution is 2.34. The Bertz CT molecular complexity index is 1630. The molecular weight excluding hydrogens is 512 g/mol. The number of nitrogens with zero attached hydrogens (tertiary/aromatic N) is 2. The summed E-state index contributed by atoms with van der Waals surface area (Å²) in [4.78, 5) is 11.7. The number of oxime groups is 1. The average molecular weight is 537 g/mol. The average Bonchev–Trinajstić information content (AvgIpc) is 2.87. The summed E-state index contributed by atoms with van der Waals surface area (Å²) in [5.74, 6) is -0.184. The molecule has 190 valence electrons. The number of rotatable bonds is 7. The normalized spacial score (nSPS) is 12.9. The number of aryl methyl sites for hydroxylation is 2. The van der Waals surface area contributed by atoms with Gasteiger partial charge in [0.25, 0.3) is 10.1 Å². The van der Waals surface area contributed by atoms with Gasteiger partial charge in [0, 0.05) is 42.2 Å². The van der Waals surface area contributed by atoms with Crippen LogP contribution in [0.1, 0.15) is 34.6 Å². The van der Waals surface area contributed by atoms with Gasteiger partial charge in [0.05, 0.1) is 10.6 Å². The van der Waals surface area contributed by atoms with Crippen molar-refractivity contribution >= 4 is 27.4 Å². The first-order valence-electron chi connectivity index (χ1n) is 11.4. The number of pyridine rings is 1. The monoisotopic (exact) mass is 536 g/mol. The first-order valence-corrected chi connectivity index (χ1v) is 13.2. The maximum absolute atomic E-state index is 11.8. The fourth-order valence-corrected chi connectivity index (χ4v) is 5.05. The second kappa shape index (κ2) is 10.7. The topological polar surface area (TPSA) is 109 Å². The quantitative estimate of drug-likeness (QED) is 0.137. The summed E-state index contributed by atoms with van der Waals surface area (Å²) in [5.41, 5.74) is 5.53. The van der Waals surface area contributed by atoms with E-state index >= 15 is 0 Å². The maximum Gasteiger partial charge on any atom is 0.294 e. The summed E-state index contributed by atoms with van der Waals surface area (Å²) in [5, 5.41) is 14.1. The van der Waals surface area contributed by atoms with E-state index in [0.717, 1.165) is 27.8 Å². The van der Waals surface area contributed by atoms with Gasteiger partial charge in [0.15, 0.2) is 0 Å². The zero-order valence-corrected chi connectivity index (χ0v) is 21.7. The standard InChI is InChI=1S/C28H25ClN2O5S/c1-18-15-23(29)10-13-25(18)26(16-27(30-33)22-9-14-28(32)31(2)17-22)21-5-3-19(4-6-21)20-7-11-24(12-8-20)37(34,35)36/h3-15,17,26,33H,16H2,1-2H3,(H,34,35,36)/b30-27+. The molecular formula is C28H25ClN2O5S. The lowest BCUT2D eigenvalue weighted by molar-refractivity contribution is 0.317. The molecule has 1 atom stereocenters. The van der Waals surface area contributed by atoms with Crippen LogP contribution in [0.3, 0.4) is 0 Å². The summed E-state index contributed by atoms with van der Waals surface area (Å²) >= 11 is 6.21. The molecule has 4 aromatic rings. The van der Waals surface area contributed by atoms with E-state index < -0.39 is 10.1 Å². The van der Waals surface area contributed by atoms with Crippen molar-refractivity contribution in [2.45, 2.75) is 24.2 Å². The van der Waals surface area contributed by atoms with Gasteiger partial charge in [-0.2, -0.15) is 8.42 Å². The van der Waals surface area contributed by atoms with Crippen LogP contribution in [-0.2, 0) is 17.2 Å². The van der Waals surface area contributed by atoms with E-state index in [2.05, 4.69) is 5.16 Å². The van der Waals surface area contributed by atoms with E-state index in [9.17, 15) is 23.0 Å². The lowest BCUT2D eigenvalue weighted by Crippen LogP contribution is -2.18. The number of benzene rings is 3. The molecule has 0 spiro atoms. The Kier molecular flexibility index (Phi) is 7.63. The largest absolute Gasteiger partial charge is 0.411 e. The minimum Gasteiger partial charge on any atom is -0.411 e. The van der Waals surface area contributed by atoms with Crippen LogP contribution in [0.15, 0.2) is 99.9 Å². The Morgan fingerprint density at radius 1 is 0.973 bits per heavy atom. The summed E-state index contributed by atoms with van der Waals surface area (Å²) in [6.07, 6.45) is 2.00. The summed E-state index contributed by atoms with van der Waals surface area (Å²) < 4.78 is 33.3. The molecule has 0 fully saturated rings. The molecule has 0 aliphatic rings. The fraction of sp³-hybridized carbons (Fsp3) is 0.143. The lowest BCUT2D eigenvalue weighted by Gasteiger charge is -2.21. The van der Waals surface area contributed by atoms with Gasteiger partial charge in [0.1, 0.15) is 0 Å². The molecule has 1 heterocycles. The van der Waals surface area contributed by atoms with E-state index in [1.165, 1.54) is 22.8 Å². The minimum absolute atomic E-state index is 0.161. The first kappa shape index (κ1) is 26.3. The van der Waals surface area contributed by atoms with Gasteiger partial charge in [-0.1, -0.05) is 59.2 Å². The molecule has 7 nitrogen and oxygen atoms in total. The number of halogens is 1. The van der Waals surface area contributed by atoms with E-state index in [1.54, 1.807) is 31.4 Å². The van der Waals surface area contributed by atoms with E-state index in [4.69, 9.17) is 11.6 Å². The molecule has 3 aromatic carbocycles. The molecule has 0 bridgehead atoms. The Balaban J connectivity index is 1.72. The van der Waals surface area contributed by atoms with Crippen LogP contribution in [-0.4, -0.2) is 28.5 Å². The molecule has 0 radical (unpaired) electrons. The molecule has 37 heavy (non-hydrogen) atoms. The third kappa shape index (κ3) is 5.99. The second-order valence-electron chi connectivity index (χ2n) is 8.79. The van der Waals surface area contributed by atoms with E-state index in [-0.39, 0.29) is 16.4 Å². The fourth-order valence-electron chi connectivity index (χ4n) is 4.34. The van der Waals surface area contributed by atoms with Crippen molar-refractivity contribution in [2.75, 3.05) is 0 Å². The molecule has 0 saturated heterocycles. The van der Waals surface area contributed by atoms with Crippen molar-refractivity contribution in [1.82, 2.24) is 4.57 Å². The van der Waals surface area contributed by atoms with Gasteiger partial charge in [-0.3, -0.25) is 9.35 Å². The molecule has 4 rings (SSSR count). The first-order chi connectivity index (χ1) is 17.6. The van der Waals surface area contributed by atoms with Gasteiger partial charge in [-0.05, 0) is 65.1 Å². The van der Waals surface area contributed by atoms with Gasteiger partial charge < -0.3 is 9.77 Å². The molecule has 0 aliphatic carbocycles. The predicted molar refractivity (Wildman–Crippen MR) is 144 cm³/mol. The number of aromatic nitrogens is 1. The van der Waals surface area contributed by atoms with Gasteiger partial charge >= 0.3 is 0 Å². The molecule has 1 unspecified atom stereocenters. The van der Waals surface area contributed by atoms with Crippen molar-refractivity contribution < 1.29 is 18.2 Å². The zero-order chi connectivity index (χ0) is 26.7. The predicted octanol–water partition coefficient (Wildman–Crippen LogP) is 5.66. The molecule has 0 saturated carbocycles. The van der Waals surface area contributed by atoms with Crippen molar-refractivity contribution in [3.8, 4) is 11.1 Å². The third-order valence-electron chi connectivity index (χ3n) is 6.34.